The Balaban J connectivity index is 1.42. The van der Waals surface area contributed by atoms with Crippen molar-refractivity contribution in [1.82, 2.24) is 25.3 Å². The summed E-state index contributed by atoms with van der Waals surface area (Å²) in [5, 5.41) is 20.7. The summed E-state index contributed by atoms with van der Waals surface area (Å²) in [6.45, 7) is 7.80. The van der Waals surface area contributed by atoms with Crippen LogP contribution < -0.4 is 10.6 Å². The highest BCUT2D eigenvalue weighted by Crippen LogP contribution is 2.33. The summed E-state index contributed by atoms with van der Waals surface area (Å²) in [5.41, 5.74) is -0.0891. The monoisotopic (exact) mass is 496 g/mol. The molecule has 1 aromatic rings. The van der Waals surface area contributed by atoms with Gasteiger partial charge in [-0.15, -0.1) is 0 Å². The average molecular weight is 497 g/mol. The van der Waals surface area contributed by atoms with E-state index in [1.54, 1.807) is 30.2 Å². The molecule has 0 spiro atoms. The summed E-state index contributed by atoms with van der Waals surface area (Å²) in [6.07, 6.45) is 2.05. The topological polar surface area (TPSA) is 113 Å². The summed E-state index contributed by atoms with van der Waals surface area (Å²) in [6, 6.07) is 1.60. The third kappa shape index (κ3) is 6.69. The first-order valence-corrected chi connectivity index (χ1v) is 12.0. The second-order valence-electron chi connectivity index (χ2n) is 10.3. The third-order valence-electron chi connectivity index (χ3n) is 5.98. The first-order valence-electron chi connectivity index (χ1n) is 12.0. The van der Waals surface area contributed by atoms with Crippen molar-refractivity contribution in [1.29, 1.82) is 0 Å². The van der Waals surface area contributed by atoms with Gasteiger partial charge in [-0.2, -0.15) is 10.1 Å². The molecule has 2 fully saturated rings. The summed E-state index contributed by atoms with van der Waals surface area (Å²) < 4.78 is 40.1. The Morgan fingerprint density at radius 2 is 2.00 bits per heavy atom. The first kappa shape index (κ1) is 25.4. The molecule has 3 heterocycles. The van der Waals surface area contributed by atoms with E-state index in [2.05, 4.69) is 20.7 Å². The third-order valence-corrected chi connectivity index (χ3v) is 5.98. The van der Waals surface area contributed by atoms with E-state index < -0.39 is 29.9 Å². The summed E-state index contributed by atoms with van der Waals surface area (Å²) in [7, 11) is 0. The molecule has 2 aliphatic heterocycles. The number of carbonyl (C=O) groups excluding carboxylic acids is 1. The molecular weight excluding hydrogens is 462 g/mol. The van der Waals surface area contributed by atoms with Gasteiger partial charge in [-0.3, -0.25) is 5.32 Å². The highest BCUT2D eigenvalue weighted by atomic mass is 19.3. The second-order valence-corrected chi connectivity index (χ2v) is 10.3. The Morgan fingerprint density at radius 3 is 2.60 bits per heavy atom. The SMILES string of the molecule is CC(O)c1ccn(C2=NC(OC3CN(C(=O)OC(C)(C)C)C3)=CC(NC3CCC(F)(F)CC3)N2)n1. The standard InChI is InChI=1S/C23H34F2N6O4/c1-14(32)17-7-10-31(29-17)20-27-18(26-15-5-8-23(24,25)9-6-15)11-19(28-20)34-16-12-30(13-16)21(33)35-22(2,3)4/h7,10-11,14-16,18,26,32H,5-6,8-9,12-13H2,1-4H3,(H,27,28). The van der Waals surface area contributed by atoms with Gasteiger partial charge in [0.05, 0.1) is 24.9 Å². The van der Waals surface area contributed by atoms with Gasteiger partial charge in [0, 0.05) is 31.2 Å². The number of halogens is 2. The Hall–Kier alpha value is -2.73. The molecule has 4 rings (SSSR count). The highest BCUT2D eigenvalue weighted by molar-refractivity contribution is 5.83. The molecule has 0 aromatic carbocycles. The van der Waals surface area contributed by atoms with E-state index in [9.17, 15) is 18.7 Å². The van der Waals surface area contributed by atoms with Gasteiger partial charge in [0.1, 0.15) is 17.9 Å². The number of alkyl halides is 2. The lowest BCUT2D eigenvalue weighted by Crippen LogP contribution is -2.56. The fourth-order valence-corrected chi connectivity index (χ4v) is 4.07. The summed E-state index contributed by atoms with van der Waals surface area (Å²) in [4.78, 5) is 18.3. The smallest absolute Gasteiger partial charge is 0.410 e. The second kappa shape index (κ2) is 9.73. The van der Waals surface area contributed by atoms with Gasteiger partial charge in [0.2, 0.25) is 17.8 Å². The van der Waals surface area contributed by atoms with Crippen LogP contribution in [0.4, 0.5) is 13.6 Å². The van der Waals surface area contributed by atoms with E-state index in [-0.39, 0.29) is 25.0 Å². The zero-order valence-electron chi connectivity index (χ0n) is 20.5. The molecule has 35 heavy (non-hydrogen) atoms. The average Bonchev–Trinajstić information content (AvgIpc) is 3.21. The Labute approximate surface area is 203 Å². The minimum atomic E-state index is -2.61. The lowest BCUT2D eigenvalue weighted by Gasteiger charge is -2.40. The maximum absolute atomic E-state index is 13.6. The summed E-state index contributed by atoms with van der Waals surface area (Å²) >= 11 is 0. The lowest BCUT2D eigenvalue weighted by molar-refractivity contribution is -0.0435. The number of aliphatic hydroxyl groups is 1. The van der Waals surface area contributed by atoms with Gasteiger partial charge < -0.3 is 24.8 Å². The van der Waals surface area contributed by atoms with Crippen LogP contribution in [0.5, 0.6) is 0 Å². The number of nitrogens with zero attached hydrogens (tertiary/aromatic N) is 4. The van der Waals surface area contributed by atoms with Crippen LogP contribution in [0.15, 0.2) is 29.2 Å². The number of rotatable bonds is 5. The van der Waals surface area contributed by atoms with Crippen molar-refractivity contribution in [3.05, 3.63) is 29.9 Å². The van der Waals surface area contributed by atoms with Crippen LogP contribution in [0.25, 0.3) is 0 Å². The van der Waals surface area contributed by atoms with E-state index in [1.807, 2.05) is 20.8 Å². The Bertz CT molecular complexity index is 971. The number of carbonyl (C=O) groups is 1. The molecule has 1 aliphatic carbocycles. The van der Waals surface area contributed by atoms with Crippen molar-refractivity contribution in [2.24, 2.45) is 4.99 Å². The fourth-order valence-electron chi connectivity index (χ4n) is 4.07. The molecule has 3 aliphatic rings. The van der Waals surface area contributed by atoms with Gasteiger partial charge in [-0.05, 0) is 46.6 Å². The molecule has 12 heteroatoms. The largest absolute Gasteiger partial charge is 0.471 e. The number of amides is 1. The molecule has 0 radical (unpaired) electrons. The summed E-state index contributed by atoms with van der Waals surface area (Å²) in [5.74, 6) is -1.90. The van der Waals surface area contributed by atoms with Crippen molar-refractivity contribution in [2.45, 2.75) is 89.3 Å². The molecule has 2 atom stereocenters. The number of nitrogens with one attached hydrogen (secondary N) is 2. The van der Waals surface area contributed by atoms with Gasteiger partial charge in [-0.1, -0.05) is 0 Å². The Morgan fingerprint density at radius 1 is 1.31 bits per heavy atom. The minimum absolute atomic E-state index is 0.0824. The van der Waals surface area contributed by atoms with Crippen LogP contribution in [0.3, 0.4) is 0 Å². The van der Waals surface area contributed by atoms with Gasteiger partial charge in [0.25, 0.3) is 0 Å². The zero-order valence-corrected chi connectivity index (χ0v) is 20.5. The highest BCUT2D eigenvalue weighted by Gasteiger charge is 2.37. The molecule has 194 valence electrons. The maximum atomic E-state index is 13.6. The van der Waals surface area contributed by atoms with Crippen molar-refractivity contribution in [2.75, 3.05) is 13.1 Å². The number of hydrogen-bond acceptors (Lipinski definition) is 8. The van der Waals surface area contributed by atoms with E-state index in [4.69, 9.17) is 9.47 Å². The predicted octanol–water partition coefficient (Wildman–Crippen LogP) is 2.71. The van der Waals surface area contributed by atoms with Crippen molar-refractivity contribution >= 4 is 12.1 Å². The van der Waals surface area contributed by atoms with E-state index in [1.165, 1.54) is 4.68 Å². The normalized spacial score (nSPS) is 24.1. The van der Waals surface area contributed by atoms with Crippen molar-refractivity contribution < 1.29 is 28.2 Å². The lowest BCUT2D eigenvalue weighted by atomic mass is 9.92. The quantitative estimate of drug-likeness (QED) is 0.575. The van der Waals surface area contributed by atoms with E-state index >= 15 is 0 Å². The predicted molar refractivity (Wildman–Crippen MR) is 124 cm³/mol. The molecule has 0 bridgehead atoms. The van der Waals surface area contributed by atoms with Gasteiger partial charge in [0.15, 0.2) is 0 Å². The van der Waals surface area contributed by atoms with Crippen LogP contribution >= 0.6 is 0 Å². The molecule has 1 amide bonds. The number of likely N-dealkylation sites (tertiary alicyclic amines) is 1. The molecule has 3 N–H and O–H groups in total. The van der Waals surface area contributed by atoms with E-state index in [0.717, 1.165) is 0 Å². The van der Waals surface area contributed by atoms with Crippen LogP contribution in [0.1, 0.15) is 65.2 Å². The molecule has 1 saturated heterocycles. The number of aliphatic imine (C=N–C) groups is 1. The van der Waals surface area contributed by atoms with Crippen LogP contribution in [-0.4, -0.2) is 74.8 Å². The van der Waals surface area contributed by atoms with E-state index in [0.29, 0.717) is 43.5 Å². The molecular formula is C23H34F2N6O4. The number of aliphatic hydroxyl groups excluding tert-OH is 1. The number of aromatic nitrogens is 2. The minimum Gasteiger partial charge on any atom is -0.471 e. The Kier molecular flexibility index (Phi) is 7.05. The van der Waals surface area contributed by atoms with Crippen LogP contribution in [0.2, 0.25) is 0 Å². The first-order chi connectivity index (χ1) is 16.4. The van der Waals surface area contributed by atoms with Crippen molar-refractivity contribution in [3.8, 4) is 0 Å². The molecule has 2 unspecified atom stereocenters. The number of ether oxygens (including phenoxy) is 2. The van der Waals surface area contributed by atoms with Crippen molar-refractivity contribution in [3.63, 3.8) is 0 Å². The number of hydrogen-bond donors (Lipinski definition) is 3. The molecule has 1 saturated carbocycles. The van der Waals surface area contributed by atoms with Gasteiger partial charge >= 0.3 is 6.09 Å². The fraction of sp³-hybridized carbons (Fsp3) is 0.696. The zero-order chi connectivity index (χ0) is 25.4. The molecule has 1 aromatic heterocycles. The van der Waals surface area contributed by atoms with Crippen LogP contribution in [-0.2, 0) is 9.47 Å². The van der Waals surface area contributed by atoms with Crippen LogP contribution in [0, 0.1) is 0 Å². The van der Waals surface area contributed by atoms with Gasteiger partial charge in [-0.25, -0.2) is 18.3 Å². The maximum Gasteiger partial charge on any atom is 0.410 e. The molecule has 10 nitrogen and oxygen atoms in total.